The first-order valence-corrected chi connectivity index (χ1v) is 7.50. The third-order valence-corrected chi connectivity index (χ3v) is 3.32. The minimum absolute atomic E-state index is 0.163. The molecule has 0 radical (unpaired) electrons. The molecule has 1 atom stereocenters. The molecule has 6 nitrogen and oxygen atoms in total. The number of aliphatic hydroxyl groups is 1. The Labute approximate surface area is 125 Å². The summed E-state index contributed by atoms with van der Waals surface area (Å²) in [6, 6.07) is 2.79. The zero-order chi connectivity index (χ0) is 15.8. The van der Waals surface area contributed by atoms with Gasteiger partial charge in [0, 0.05) is 19.2 Å². The number of nitrogens with zero attached hydrogens (tertiary/aromatic N) is 2. The maximum atomic E-state index is 12.0. The molecule has 1 heterocycles. The van der Waals surface area contributed by atoms with E-state index in [2.05, 4.69) is 10.4 Å². The highest BCUT2D eigenvalue weighted by Crippen LogP contribution is 2.04. The predicted octanol–water partition coefficient (Wildman–Crippen LogP) is 1.18. The lowest BCUT2D eigenvalue weighted by Gasteiger charge is -2.14. The van der Waals surface area contributed by atoms with Gasteiger partial charge >= 0.3 is 0 Å². The maximum Gasteiger partial charge on any atom is 0.271 e. The predicted molar refractivity (Wildman–Crippen MR) is 81.2 cm³/mol. The normalized spacial score (nSPS) is 12.4. The van der Waals surface area contributed by atoms with Crippen molar-refractivity contribution in [2.24, 2.45) is 5.92 Å². The van der Waals surface area contributed by atoms with Gasteiger partial charge in [-0.05, 0) is 24.8 Å². The van der Waals surface area contributed by atoms with Crippen molar-refractivity contribution in [2.75, 3.05) is 6.54 Å². The van der Waals surface area contributed by atoms with Crippen LogP contribution in [0.15, 0.2) is 16.9 Å². The summed E-state index contributed by atoms with van der Waals surface area (Å²) >= 11 is 0. The van der Waals surface area contributed by atoms with Crippen molar-refractivity contribution in [1.82, 2.24) is 15.1 Å². The Morgan fingerprint density at radius 3 is 2.76 bits per heavy atom. The summed E-state index contributed by atoms with van der Waals surface area (Å²) in [5.41, 5.74) is 0.0277. The molecule has 0 aliphatic heterocycles. The number of hydrogen-bond donors (Lipinski definition) is 2. The number of carbonyl (C=O) groups excluding carboxylic acids is 1. The van der Waals surface area contributed by atoms with E-state index >= 15 is 0 Å². The summed E-state index contributed by atoms with van der Waals surface area (Å²) in [5, 5.41) is 16.5. The standard InChI is InChI=1S/C15H25N3O3/c1-4-5-10-18-14(20)7-6-12(17-18)15(21)16-9-8-13(19)11(2)3/h6-7,11,13,19H,4-5,8-10H2,1-3H3,(H,16,21). The second kappa shape index (κ2) is 8.56. The van der Waals surface area contributed by atoms with Gasteiger partial charge in [-0.25, -0.2) is 4.68 Å². The van der Waals surface area contributed by atoms with Crippen LogP contribution < -0.4 is 10.9 Å². The van der Waals surface area contributed by atoms with Crippen molar-refractivity contribution in [3.63, 3.8) is 0 Å². The number of unbranched alkanes of at least 4 members (excludes halogenated alkanes) is 1. The highest BCUT2D eigenvalue weighted by Gasteiger charge is 2.12. The van der Waals surface area contributed by atoms with Crippen LogP contribution in [0.1, 0.15) is 50.5 Å². The fourth-order valence-electron chi connectivity index (χ4n) is 1.80. The fourth-order valence-corrected chi connectivity index (χ4v) is 1.80. The number of nitrogens with one attached hydrogen (secondary N) is 1. The Bertz CT molecular complexity index is 511. The first-order chi connectivity index (χ1) is 9.95. The summed E-state index contributed by atoms with van der Waals surface area (Å²) < 4.78 is 1.32. The van der Waals surface area contributed by atoms with Crippen LogP contribution in [0.2, 0.25) is 0 Å². The van der Waals surface area contributed by atoms with E-state index in [4.69, 9.17) is 0 Å². The molecular formula is C15H25N3O3. The van der Waals surface area contributed by atoms with Crippen LogP contribution >= 0.6 is 0 Å². The van der Waals surface area contributed by atoms with Gasteiger partial charge in [-0.15, -0.1) is 0 Å². The van der Waals surface area contributed by atoms with Crippen LogP contribution in [0.25, 0.3) is 0 Å². The molecule has 6 heteroatoms. The van der Waals surface area contributed by atoms with Crippen LogP contribution in [0.3, 0.4) is 0 Å². The third-order valence-electron chi connectivity index (χ3n) is 3.32. The van der Waals surface area contributed by atoms with E-state index in [1.807, 2.05) is 20.8 Å². The zero-order valence-corrected chi connectivity index (χ0v) is 13.0. The van der Waals surface area contributed by atoms with Gasteiger partial charge in [-0.3, -0.25) is 9.59 Å². The summed E-state index contributed by atoms with van der Waals surface area (Å²) in [4.78, 5) is 23.6. The van der Waals surface area contributed by atoms with Crippen LogP contribution in [0.5, 0.6) is 0 Å². The van der Waals surface area contributed by atoms with Crippen molar-refractivity contribution in [2.45, 2.75) is 52.7 Å². The molecule has 0 aliphatic rings. The van der Waals surface area contributed by atoms with Gasteiger partial charge in [0.05, 0.1) is 6.10 Å². The monoisotopic (exact) mass is 295 g/mol. The molecule has 0 saturated heterocycles. The van der Waals surface area contributed by atoms with Gasteiger partial charge < -0.3 is 10.4 Å². The SMILES string of the molecule is CCCCn1nc(C(=O)NCCC(O)C(C)C)ccc1=O. The molecule has 1 rings (SSSR count). The molecule has 1 amide bonds. The van der Waals surface area contributed by atoms with Crippen molar-refractivity contribution in [3.8, 4) is 0 Å². The first kappa shape index (κ1) is 17.4. The molecule has 0 spiro atoms. The van der Waals surface area contributed by atoms with Crippen LogP contribution in [-0.2, 0) is 6.54 Å². The molecule has 118 valence electrons. The van der Waals surface area contributed by atoms with E-state index in [0.717, 1.165) is 12.8 Å². The average Bonchev–Trinajstić information content (AvgIpc) is 2.45. The Morgan fingerprint density at radius 1 is 1.43 bits per heavy atom. The van der Waals surface area contributed by atoms with E-state index in [1.165, 1.54) is 16.8 Å². The van der Waals surface area contributed by atoms with E-state index in [-0.39, 0.29) is 23.1 Å². The number of amides is 1. The largest absolute Gasteiger partial charge is 0.393 e. The van der Waals surface area contributed by atoms with Gasteiger partial charge in [-0.2, -0.15) is 5.10 Å². The zero-order valence-electron chi connectivity index (χ0n) is 13.0. The molecule has 1 unspecified atom stereocenters. The first-order valence-electron chi connectivity index (χ1n) is 7.50. The number of aryl methyl sites for hydroxylation is 1. The van der Waals surface area contributed by atoms with Crippen molar-refractivity contribution >= 4 is 5.91 Å². The second-order valence-corrected chi connectivity index (χ2v) is 5.49. The summed E-state index contributed by atoms with van der Waals surface area (Å²) in [5.74, 6) is -0.160. The summed E-state index contributed by atoms with van der Waals surface area (Å²) in [7, 11) is 0. The Morgan fingerprint density at radius 2 is 2.14 bits per heavy atom. The van der Waals surface area contributed by atoms with Gasteiger partial charge in [0.15, 0.2) is 0 Å². The topological polar surface area (TPSA) is 84.2 Å². The molecule has 21 heavy (non-hydrogen) atoms. The highest BCUT2D eigenvalue weighted by molar-refractivity contribution is 5.91. The summed E-state index contributed by atoms with van der Waals surface area (Å²) in [6.07, 6.45) is 1.87. The fraction of sp³-hybridized carbons (Fsp3) is 0.667. The Hall–Kier alpha value is -1.69. The molecule has 2 N–H and O–H groups in total. The number of rotatable bonds is 8. The lowest BCUT2D eigenvalue weighted by atomic mass is 10.0. The van der Waals surface area contributed by atoms with Crippen molar-refractivity contribution in [1.29, 1.82) is 0 Å². The van der Waals surface area contributed by atoms with E-state index in [0.29, 0.717) is 19.5 Å². The molecule has 0 saturated carbocycles. The number of aliphatic hydroxyl groups excluding tert-OH is 1. The lowest BCUT2D eigenvalue weighted by molar-refractivity contribution is 0.0913. The Kier molecular flexibility index (Phi) is 7.08. The molecule has 1 aromatic rings. The van der Waals surface area contributed by atoms with Crippen LogP contribution in [0, 0.1) is 5.92 Å². The lowest BCUT2D eigenvalue weighted by Crippen LogP contribution is -2.32. The summed E-state index contributed by atoms with van der Waals surface area (Å²) in [6.45, 7) is 6.79. The quantitative estimate of drug-likeness (QED) is 0.754. The highest BCUT2D eigenvalue weighted by atomic mass is 16.3. The third kappa shape index (κ3) is 5.67. The molecule has 0 fully saturated rings. The minimum atomic E-state index is -0.434. The van der Waals surface area contributed by atoms with Crippen molar-refractivity contribution in [3.05, 3.63) is 28.2 Å². The molecule has 0 aromatic carbocycles. The van der Waals surface area contributed by atoms with E-state index in [1.54, 1.807) is 0 Å². The van der Waals surface area contributed by atoms with Gasteiger partial charge in [0.25, 0.3) is 11.5 Å². The number of carbonyl (C=O) groups is 1. The van der Waals surface area contributed by atoms with Crippen LogP contribution in [0.4, 0.5) is 0 Å². The molecule has 0 aliphatic carbocycles. The van der Waals surface area contributed by atoms with Gasteiger partial charge in [-0.1, -0.05) is 27.2 Å². The molecular weight excluding hydrogens is 270 g/mol. The van der Waals surface area contributed by atoms with Gasteiger partial charge in [0.2, 0.25) is 0 Å². The van der Waals surface area contributed by atoms with E-state index in [9.17, 15) is 14.7 Å². The van der Waals surface area contributed by atoms with Crippen molar-refractivity contribution < 1.29 is 9.90 Å². The smallest absolute Gasteiger partial charge is 0.271 e. The molecule has 1 aromatic heterocycles. The van der Waals surface area contributed by atoms with E-state index < -0.39 is 6.10 Å². The number of hydrogen-bond acceptors (Lipinski definition) is 4. The average molecular weight is 295 g/mol. The Balaban J connectivity index is 2.60. The van der Waals surface area contributed by atoms with Gasteiger partial charge in [0.1, 0.15) is 5.69 Å². The second-order valence-electron chi connectivity index (χ2n) is 5.49. The molecule has 0 bridgehead atoms. The number of aromatic nitrogens is 2. The van der Waals surface area contributed by atoms with Crippen LogP contribution in [-0.4, -0.2) is 33.4 Å². The maximum absolute atomic E-state index is 12.0. The minimum Gasteiger partial charge on any atom is -0.393 e.